The Kier molecular flexibility index (Phi) is 8.92. The van der Waals surface area contributed by atoms with Crippen LogP contribution < -0.4 is 10.6 Å². The highest BCUT2D eigenvalue weighted by molar-refractivity contribution is 7.89. The Morgan fingerprint density at radius 2 is 1.97 bits per heavy atom. The van der Waals surface area contributed by atoms with Crippen molar-refractivity contribution < 1.29 is 17.9 Å². The maximum atomic E-state index is 12.7. The average Bonchev–Trinajstić information content (AvgIpc) is 3.30. The van der Waals surface area contributed by atoms with Crippen LogP contribution >= 0.6 is 0 Å². The lowest BCUT2D eigenvalue weighted by Gasteiger charge is -2.31. The molecule has 30 heavy (non-hydrogen) atoms. The highest BCUT2D eigenvalue weighted by Gasteiger charge is 2.29. The molecule has 8 nitrogen and oxygen atoms in total. The molecule has 0 bridgehead atoms. The van der Waals surface area contributed by atoms with E-state index in [2.05, 4.69) is 15.6 Å². The van der Waals surface area contributed by atoms with Crippen LogP contribution in [-0.4, -0.2) is 77.8 Å². The van der Waals surface area contributed by atoms with E-state index >= 15 is 0 Å². The number of guanidine groups is 1. The van der Waals surface area contributed by atoms with Crippen molar-refractivity contribution in [3.8, 4) is 0 Å². The lowest BCUT2D eigenvalue weighted by molar-refractivity contribution is 0.0420. The Morgan fingerprint density at radius 1 is 1.20 bits per heavy atom. The second-order valence-corrected chi connectivity index (χ2v) is 9.69. The molecule has 0 radical (unpaired) electrons. The number of ether oxygens (including phenoxy) is 2. The van der Waals surface area contributed by atoms with Crippen molar-refractivity contribution >= 4 is 16.0 Å². The van der Waals surface area contributed by atoms with Crippen LogP contribution in [0.5, 0.6) is 0 Å². The van der Waals surface area contributed by atoms with Crippen molar-refractivity contribution in [2.75, 3.05) is 53.0 Å². The average molecular weight is 439 g/mol. The zero-order valence-electron chi connectivity index (χ0n) is 17.8. The summed E-state index contributed by atoms with van der Waals surface area (Å²) in [5, 5.41) is 6.68. The van der Waals surface area contributed by atoms with E-state index in [1.807, 2.05) is 6.07 Å². The highest BCUT2D eigenvalue weighted by atomic mass is 32.2. The molecular weight excluding hydrogens is 404 g/mol. The number of piperidine rings is 1. The van der Waals surface area contributed by atoms with Gasteiger partial charge in [-0.3, -0.25) is 4.99 Å². The van der Waals surface area contributed by atoms with Crippen LogP contribution in [0.2, 0.25) is 0 Å². The van der Waals surface area contributed by atoms with Crippen LogP contribution in [0.15, 0.2) is 40.2 Å². The zero-order chi connectivity index (χ0) is 21.2. The Bertz CT molecular complexity index is 758. The van der Waals surface area contributed by atoms with Gasteiger partial charge in [0, 0.05) is 46.4 Å². The van der Waals surface area contributed by atoms with Crippen molar-refractivity contribution in [2.24, 2.45) is 10.9 Å². The van der Waals surface area contributed by atoms with E-state index < -0.39 is 10.0 Å². The van der Waals surface area contributed by atoms with Crippen LogP contribution in [0, 0.1) is 5.92 Å². The number of hydrogen-bond acceptors (Lipinski definition) is 5. The smallest absolute Gasteiger partial charge is 0.243 e. The molecule has 9 heteroatoms. The van der Waals surface area contributed by atoms with Crippen LogP contribution in [0.25, 0.3) is 0 Å². The molecule has 168 valence electrons. The van der Waals surface area contributed by atoms with Crippen LogP contribution in [0.3, 0.4) is 0 Å². The fourth-order valence-corrected chi connectivity index (χ4v) is 5.22. The number of aliphatic imine (C=N–C) groups is 1. The SMILES string of the molecule is CN=C(NCCCOC1CCOC1)NCC1CCN(S(=O)(=O)c2ccccc2)CC1. The predicted molar refractivity (Wildman–Crippen MR) is 117 cm³/mol. The molecule has 0 aliphatic carbocycles. The second-order valence-electron chi connectivity index (χ2n) is 7.75. The largest absolute Gasteiger partial charge is 0.379 e. The summed E-state index contributed by atoms with van der Waals surface area (Å²) >= 11 is 0. The first-order valence-corrected chi connectivity index (χ1v) is 12.2. The lowest BCUT2D eigenvalue weighted by atomic mass is 9.98. The summed E-state index contributed by atoms with van der Waals surface area (Å²) in [5.74, 6) is 1.20. The van der Waals surface area contributed by atoms with Gasteiger partial charge < -0.3 is 20.1 Å². The normalized spacial score (nSPS) is 21.6. The van der Waals surface area contributed by atoms with E-state index in [0.29, 0.717) is 37.1 Å². The molecule has 2 heterocycles. The Labute approximate surface area is 180 Å². The Balaban J connectivity index is 1.32. The molecular formula is C21H34N4O4S. The second kappa shape index (κ2) is 11.6. The molecule has 2 fully saturated rings. The van der Waals surface area contributed by atoms with E-state index in [1.54, 1.807) is 35.6 Å². The fraction of sp³-hybridized carbons (Fsp3) is 0.667. The molecule has 1 atom stereocenters. The van der Waals surface area contributed by atoms with Crippen molar-refractivity contribution in [1.29, 1.82) is 0 Å². The third kappa shape index (κ3) is 6.66. The first-order chi connectivity index (χ1) is 14.6. The summed E-state index contributed by atoms with van der Waals surface area (Å²) in [6.45, 7) is 4.91. The summed E-state index contributed by atoms with van der Waals surface area (Å²) in [6, 6.07) is 8.67. The summed E-state index contributed by atoms with van der Waals surface area (Å²) < 4.78 is 38.1. The minimum absolute atomic E-state index is 0.249. The van der Waals surface area contributed by atoms with Gasteiger partial charge in [0.2, 0.25) is 10.0 Å². The molecule has 2 aliphatic rings. The molecule has 2 aliphatic heterocycles. The topological polar surface area (TPSA) is 92.3 Å². The monoisotopic (exact) mass is 438 g/mol. The van der Waals surface area contributed by atoms with Gasteiger partial charge in [0.25, 0.3) is 0 Å². The van der Waals surface area contributed by atoms with Crippen molar-refractivity contribution in [3.05, 3.63) is 30.3 Å². The van der Waals surface area contributed by atoms with E-state index in [4.69, 9.17) is 9.47 Å². The number of nitrogens with one attached hydrogen (secondary N) is 2. The molecule has 1 aromatic carbocycles. The van der Waals surface area contributed by atoms with Crippen molar-refractivity contribution in [1.82, 2.24) is 14.9 Å². The first-order valence-electron chi connectivity index (χ1n) is 10.8. The summed E-state index contributed by atoms with van der Waals surface area (Å²) in [4.78, 5) is 4.64. The standard InChI is InChI=1S/C21H34N4O4S/c1-22-21(23-11-5-14-29-19-10-15-28-17-19)24-16-18-8-12-25(13-9-18)30(26,27)20-6-3-2-4-7-20/h2-4,6-7,18-19H,5,8-17H2,1H3,(H2,22,23,24). The molecule has 3 rings (SSSR count). The quantitative estimate of drug-likeness (QED) is 0.344. The number of nitrogens with zero attached hydrogens (tertiary/aromatic N) is 2. The van der Waals surface area contributed by atoms with Gasteiger partial charge in [-0.25, -0.2) is 8.42 Å². The lowest BCUT2D eigenvalue weighted by Crippen LogP contribution is -2.44. The minimum atomic E-state index is -3.39. The van der Waals surface area contributed by atoms with Gasteiger partial charge in [-0.15, -0.1) is 0 Å². The Morgan fingerprint density at radius 3 is 2.63 bits per heavy atom. The molecule has 2 saturated heterocycles. The molecule has 1 aromatic rings. The van der Waals surface area contributed by atoms with Gasteiger partial charge in [-0.05, 0) is 43.7 Å². The third-order valence-corrected chi connectivity index (χ3v) is 7.50. The van der Waals surface area contributed by atoms with Gasteiger partial charge in [-0.1, -0.05) is 18.2 Å². The summed E-state index contributed by atoms with van der Waals surface area (Å²) in [7, 11) is -1.63. The van der Waals surface area contributed by atoms with Crippen LogP contribution in [-0.2, 0) is 19.5 Å². The van der Waals surface area contributed by atoms with Gasteiger partial charge in [-0.2, -0.15) is 4.31 Å². The molecule has 1 unspecified atom stereocenters. The van der Waals surface area contributed by atoms with Gasteiger partial charge in [0.05, 0.1) is 17.6 Å². The molecule has 0 amide bonds. The summed E-state index contributed by atoms with van der Waals surface area (Å²) in [6.07, 6.45) is 3.83. The number of rotatable bonds is 9. The van der Waals surface area contributed by atoms with Crippen molar-refractivity contribution in [3.63, 3.8) is 0 Å². The van der Waals surface area contributed by atoms with Crippen LogP contribution in [0.4, 0.5) is 0 Å². The molecule has 0 saturated carbocycles. The minimum Gasteiger partial charge on any atom is -0.379 e. The number of hydrogen-bond donors (Lipinski definition) is 2. The first kappa shape index (κ1) is 23.0. The highest BCUT2D eigenvalue weighted by Crippen LogP contribution is 2.23. The maximum Gasteiger partial charge on any atom is 0.243 e. The van der Waals surface area contributed by atoms with E-state index in [1.165, 1.54) is 0 Å². The predicted octanol–water partition coefficient (Wildman–Crippen LogP) is 1.45. The maximum absolute atomic E-state index is 12.7. The number of sulfonamides is 1. The van der Waals surface area contributed by atoms with E-state index in [0.717, 1.165) is 51.3 Å². The molecule has 2 N–H and O–H groups in total. The molecule has 0 aromatic heterocycles. The van der Waals surface area contributed by atoms with Gasteiger partial charge in [0.15, 0.2) is 5.96 Å². The van der Waals surface area contributed by atoms with Gasteiger partial charge >= 0.3 is 0 Å². The van der Waals surface area contributed by atoms with E-state index in [-0.39, 0.29) is 6.10 Å². The zero-order valence-corrected chi connectivity index (χ0v) is 18.6. The Hall–Kier alpha value is -1.68. The van der Waals surface area contributed by atoms with Crippen LogP contribution in [0.1, 0.15) is 25.7 Å². The summed E-state index contributed by atoms with van der Waals surface area (Å²) in [5.41, 5.74) is 0. The molecule has 0 spiro atoms. The van der Waals surface area contributed by atoms with Crippen molar-refractivity contribution in [2.45, 2.75) is 36.7 Å². The number of benzene rings is 1. The third-order valence-electron chi connectivity index (χ3n) is 5.59. The fourth-order valence-electron chi connectivity index (χ4n) is 3.73. The van der Waals surface area contributed by atoms with E-state index in [9.17, 15) is 8.42 Å². The van der Waals surface area contributed by atoms with Gasteiger partial charge in [0.1, 0.15) is 0 Å².